The molecular weight excluding hydrogens is 296 g/mol. The molecule has 0 radical (unpaired) electrons. The van der Waals surface area contributed by atoms with Gasteiger partial charge >= 0.3 is 6.03 Å². The lowest BCUT2D eigenvalue weighted by Crippen LogP contribution is -2.41. The fourth-order valence-corrected chi connectivity index (χ4v) is 2.13. The Bertz CT molecular complexity index is 627. The number of hydrogen-bond donors (Lipinski definition) is 2. The molecule has 0 aliphatic heterocycles. The average Bonchev–Trinajstić information content (AvgIpc) is 2.96. The van der Waals surface area contributed by atoms with Crippen molar-refractivity contribution in [2.24, 2.45) is 0 Å². The predicted octanol–water partition coefficient (Wildman–Crippen LogP) is 1.74. The number of nitrogens with zero attached hydrogens (tertiary/aromatic N) is 3. The first kappa shape index (κ1) is 17.0. The van der Waals surface area contributed by atoms with Crippen LogP contribution in [0.25, 0.3) is 0 Å². The summed E-state index contributed by atoms with van der Waals surface area (Å²) in [7, 11) is 1.61. The molecule has 1 aromatic heterocycles. The van der Waals surface area contributed by atoms with E-state index in [1.54, 1.807) is 20.9 Å². The van der Waals surface area contributed by atoms with Gasteiger partial charge in [0.2, 0.25) is 5.89 Å². The zero-order valence-electron chi connectivity index (χ0n) is 13.6. The zero-order chi connectivity index (χ0) is 16.8. The summed E-state index contributed by atoms with van der Waals surface area (Å²) in [5, 5.41) is 16.0. The minimum absolute atomic E-state index is 0.252. The van der Waals surface area contributed by atoms with E-state index in [-0.39, 0.29) is 12.6 Å². The van der Waals surface area contributed by atoms with Gasteiger partial charge in [0, 0.05) is 20.0 Å². The van der Waals surface area contributed by atoms with Crippen molar-refractivity contribution in [3.63, 3.8) is 0 Å². The van der Waals surface area contributed by atoms with E-state index in [2.05, 4.69) is 15.5 Å². The third-order valence-electron chi connectivity index (χ3n) is 3.28. The van der Waals surface area contributed by atoms with Crippen LogP contribution in [-0.2, 0) is 6.42 Å². The number of rotatable bonds is 6. The van der Waals surface area contributed by atoms with Crippen LogP contribution in [0.5, 0.6) is 0 Å². The lowest BCUT2D eigenvalue weighted by molar-refractivity contribution is 0.142. The maximum atomic E-state index is 12.0. The lowest BCUT2D eigenvalue weighted by Gasteiger charge is -2.20. The van der Waals surface area contributed by atoms with Gasteiger partial charge in [-0.1, -0.05) is 35.5 Å². The fourth-order valence-electron chi connectivity index (χ4n) is 2.13. The molecule has 1 heterocycles. The minimum Gasteiger partial charge on any atom is -0.392 e. The van der Waals surface area contributed by atoms with Gasteiger partial charge < -0.3 is 19.8 Å². The summed E-state index contributed by atoms with van der Waals surface area (Å²) in [6.07, 6.45) is -0.00522. The molecule has 2 N–H and O–H groups in total. The highest BCUT2D eigenvalue weighted by atomic mass is 16.5. The highest BCUT2D eigenvalue weighted by Crippen LogP contribution is 2.12. The molecule has 23 heavy (non-hydrogen) atoms. The normalized spacial score (nSPS) is 13.4. The first-order chi connectivity index (χ1) is 11.0. The molecule has 0 saturated heterocycles. The Kier molecular flexibility index (Phi) is 5.70. The van der Waals surface area contributed by atoms with Gasteiger partial charge in [0.1, 0.15) is 6.04 Å². The van der Waals surface area contributed by atoms with Crippen LogP contribution in [0.2, 0.25) is 0 Å². The molecule has 0 spiro atoms. The van der Waals surface area contributed by atoms with Gasteiger partial charge in [0.05, 0.1) is 6.10 Å². The Balaban J connectivity index is 1.93. The van der Waals surface area contributed by atoms with Crippen LogP contribution in [0.4, 0.5) is 4.79 Å². The van der Waals surface area contributed by atoms with Crippen molar-refractivity contribution in [1.29, 1.82) is 0 Å². The molecule has 7 heteroatoms. The van der Waals surface area contributed by atoms with E-state index in [1.807, 2.05) is 30.3 Å². The topological polar surface area (TPSA) is 91.5 Å². The summed E-state index contributed by atoms with van der Waals surface area (Å²) in [6, 6.07) is 9.14. The molecule has 124 valence electrons. The van der Waals surface area contributed by atoms with Crippen molar-refractivity contribution >= 4 is 6.03 Å². The summed E-state index contributed by atoms with van der Waals surface area (Å²) in [5.41, 5.74) is 1.09. The van der Waals surface area contributed by atoms with E-state index in [0.29, 0.717) is 18.1 Å². The first-order valence-electron chi connectivity index (χ1n) is 7.51. The number of aliphatic hydroxyl groups excluding tert-OH is 1. The van der Waals surface area contributed by atoms with Crippen molar-refractivity contribution < 1.29 is 14.4 Å². The van der Waals surface area contributed by atoms with Crippen LogP contribution in [0.15, 0.2) is 34.9 Å². The number of aliphatic hydroxyl groups is 1. The van der Waals surface area contributed by atoms with Crippen LogP contribution >= 0.6 is 0 Å². The first-order valence-corrected chi connectivity index (χ1v) is 7.51. The van der Waals surface area contributed by atoms with Crippen LogP contribution in [0.1, 0.15) is 37.2 Å². The molecule has 0 fully saturated rings. The summed E-state index contributed by atoms with van der Waals surface area (Å²) in [4.78, 5) is 17.7. The van der Waals surface area contributed by atoms with E-state index in [1.165, 1.54) is 4.90 Å². The molecule has 2 unspecified atom stereocenters. The minimum atomic E-state index is -0.582. The van der Waals surface area contributed by atoms with Gasteiger partial charge in [-0.25, -0.2) is 4.79 Å². The highest BCUT2D eigenvalue weighted by molar-refractivity contribution is 5.74. The lowest BCUT2D eigenvalue weighted by atomic mass is 10.1. The van der Waals surface area contributed by atoms with Crippen LogP contribution in [0.3, 0.4) is 0 Å². The second-order valence-electron chi connectivity index (χ2n) is 5.61. The van der Waals surface area contributed by atoms with E-state index in [9.17, 15) is 9.90 Å². The number of amides is 2. The van der Waals surface area contributed by atoms with Crippen molar-refractivity contribution in [1.82, 2.24) is 20.4 Å². The van der Waals surface area contributed by atoms with E-state index < -0.39 is 12.1 Å². The molecule has 0 aliphatic rings. The number of aromatic nitrogens is 2. The Labute approximate surface area is 135 Å². The van der Waals surface area contributed by atoms with Crippen molar-refractivity contribution in [2.75, 3.05) is 13.6 Å². The van der Waals surface area contributed by atoms with Gasteiger partial charge in [-0.2, -0.15) is 4.98 Å². The Morgan fingerprint density at radius 2 is 2.04 bits per heavy atom. The van der Waals surface area contributed by atoms with Gasteiger partial charge in [-0.3, -0.25) is 0 Å². The third kappa shape index (κ3) is 5.07. The summed E-state index contributed by atoms with van der Waals surface area (Å²) >= 11 is 0. The van der Waals surface area contributed by atoms with Crippen LogP contribution in [-0.4, -0.2) is 45.9 Å². The molecule has 1 aromatic carbocycles. The molecule has 2 atom stereocenters. The van der Waals surface area contributed by atoms with E-state index in [0.717, 1.165) is 5.56 Å². The predicted molar refractivity (Wildman–Crippen MR) is 84.8 cm³/mol. The summed E-state index contributed by atoms with van der Waals surface area (Å²) in [6.45, 7) is 3.65. The second-order valence-corrected chi connectivity index (χ2v) is 5.61. The number of carbonyl (C=O) groups is 1. The largest absolute Gasteiger partial charge is 0.392 e. The molecule has 7 nitrogen and oxygen atoms in total. The third-order valence-corrected chi connectivity index (χ3v) is 3.28. The Morgan fingerprint density at radius 1 is 1.35 bits per heavy atom. The molecule has 2 aromatic rings. The quantitative estimate of drug-likeness (QED) is 0.846. The maximum Gasteiger partial charge on any atom is 0.317 e. The molecule has 2 amide bonds. The molecule has 0 saturated carbocycles. The molecule has 0 bridgehead atoms. The molecule has 0 aliphatic carbocycles. The molecule has 2 rings (SSSR count). The van der Waals surface area contributed by atoms with Gasteiger partial charge in [0.15, 0.2) is 5.82 Å². The van der Waals surface area contributed by atoms with Crippen molar-refractivity contribution in [3.8, 4) is 0 Å². The monoisotopic (exact) mass is 318 g/mol. The van der Waals surface area contributed by atoms with Crippen molar-refractivity contribution in [3.05, 3.63) is 47.6 Å². The Morgan fingerprint density at radius 3 is 2.70 bits per heavy atom. The van der Waals surface area contributed by atoms with Crippen molar-refractivity contribution in [2.45, 2.75) is 32.4 Å². The highest BCUT2D eigenvalue weighted by Gasteiger charge is 2.19. The number of benzene rings is 1. The van der Waals surface area contributed by atoms with E-state index in [4.69, 9.17) is 4.52 Å². The number of nitrogens with one attached hydrogen (secondary N) is 1. The summed E-state index contributed by atoms with van der Waals surface area (Å²) < 4.78 is 5.22. The van der Waals surface area contributed by atoms with E-state index >= 15 is 0 Å². The number of hydrogen-bond acceptors (Lipinski definition) is 5. The maximum absolute atomic E-state index is 12.0. The smallest absolute Gasteiger partial charge is 0.317 e. The fraction of sp³-hybridized carbons (Fsp3) is 0.438. The molecular formula is C16H22N4O3. The SMILES string of the molecule is CC(O)CN(C)C(=O)NC(C)c1nc(Cc2ccccc2)no1. The summed E-state index contributed by atoms with van der Waals surface area (Å²) in [5.74, 6) is 0.930. The standard InChI is InChI=1S/C16H22N4O3/c1-11(21)10-20(3)16(22)17-12(2)15-18-14(19-23-15)9-13-7-5-4-6-8-13/h4-8,11-12,21H,9-10H2,1-3H3,(H,17,22). The van der Waals surface area contributed by atoms with Crippen LogP contribution < -0.4 is 5.32 Å². The number of carbonyl (C=O) groups excluding carboxylic acids is 1. The van der Waals surface area contributed by atoms with Gasteiger partial charge in [0.25, 0.3) is 0 Å². The average molecular weight is 318 g/mol. The number of urea groups is 1. The van der Waals surface area contributed by atoms with Crippen LogP contribution in [0, 0.1) is 0 Å². The van der Waals surface area contributed by atoms with Gasteiger partial charge in [-0.05, 0) is 19.4 Å². The number of likely N-dealkylation sites (N-methyl/N-ethyl adjacent to an activating group) is 1. The Hall–Kier alpha value is -2.41. The second kappa shape index (κ2) is 7.73. The zero-order valence-corrected chi connectivity index (χ0v) is 13.6. The van der Waals surface area contributed by atoms with Gasteiger partial charge in [-0.15, -0.1) is 0 Å².